The van der Waals surface area contributed by atoms with Crippen molar-refractivity contribution in [2.24, 2.45) is 0 Å². The van der Waals surface area contributed by atoms with Gasteiger partial charge in [-0.15, -0.1) is 0 Å². The molecule has 2 aromatic rings. The summed E-state index contributed by atoms with van der Waals surface area (Å²) in [6.45, 7) is 0. The van der Waals surface area contributed by atoms with Crippen molar-refractivity contribution in [2.75, 3.05) is 25.7 Å². The van der Waals surface area contributed by atoms with Crippen LogP contribution in [0.4, 0.5) is 5.69 Å². The number of nitrogens with zero attached hydrogens (tertiary/aromatic N) is 1. The molecule has 8 heteroatoms. The summed E-state index contributed by atoms with van der Waals surface area (Å²) in [7, 11) is -1.79. The Morgan fingerprint density at radius 1 is 1.08 bits per heavy atom. The fourth-order valence-electron chi connectivity index (χ4n) is 1.95. The average Bonchev–Trinajstić information content (AvgIpc) is 2.55. The molecule has 0 aromatic heterocycles. The first kappa shape index (κ1) is 18.3. The zero-order chi connectivity index (χ0) is 17.9. The summed E-state index contributed by atoms with van der Waals surface area (Å²) >= 11 is 0. The van der Waals surface area contributed by atoms with Crippen LogP contribution in [0, 0.1) is 0 Å². The Labute approximate surface area is 144 Å². The molecule has 6 nitrogen and oxygen atoms in total. The Balaban J connectivity index is 2.22. The van der Waals surface area contributed by atoms with Crippen molar-refractivity contribution in [3.05, 3.63) is 54.1 Å². The first-order chi connectivity index (χ1) is 11.2. The molecule has 24 heavy (non-hydrogen) atoms. The van der Waals surface area contributed by atoms with E-state index in [0.29, 0.717) is 16.1 Å². The van der Waals surface area contributed by atoms with Crippen LogP contribution in [0.15, 0.2) is 58.3 Å². The minimum Gasteiger partial charge on any atom is -0.322 e. The predicted molar refractivity (Wildman–Crippen MR) is 94.0 cm³/mol. The van der Waals surface area contributed by atoms with Gasteiger partial charge in [-0.3, -0.25) is 9.00 Å². The third-order valence-electron chi connectivity index (χ3n) is 3.32. The number of benzene rings is 2. The number of hydrogen-bond donors (Lipinski definition) is 1. The van der Waals surface area contributed by atoms with E-state index in [1.165, 1.54) is 26.2 Å². The highest BCUT2D eigenvalue weighted by atomic mass is 32.2. The van der Waals surface area contributed by atoms with Gasteiger partial charge in [0.1, 0.15) is 0 Å². The normalized spacial score (nSPS) is 12.8. The topological polar surface area (TPSA) is 83.6 Å². The molecule has 0 saturated heterocycles. The van der Waals surface area contributed by atoms with E-state index in [1.54, 1.807) is 42.7 Å². The average molecular weight is 366 g/mol. The number of amides is 1. The first-order valence-corrected chi connectivity index (χ1v) is 9.99. The molecule has 2 aromatic carbocycles. The molecule has 128 valence electrons. The quantitative estimate of drug-likeness (QED) is 0.876. The molecular weight excluding hydrogens is 348 g/mol. The SMILES string of the molecule is CN(C)S(=O)(=O)c1cccc(NC(=O)c2ccc(S(C)=O)cc2)c1. The van der Waals surface area contributed by atoms with Gasteiger partial charge in [0.25, 0.3) is 5.91 Å². The number of rotatable bonds is 5. The van der Waals surface area contributed by atoms with E-state index in [4.69, 9.17) is 0 Å². The van der Waals surface area contributed by atoms with Gasteiger partial charge in [0.15, 0.2) is 0 Å². The van der Waals surface area contributed by atoms with Gasteiger partial charge in [0.2, 0.25) is 10.0 Å². The van der Waals surface area contributed by atoms with Crippen LogP contribution in [0.25, 0.3) is 0 Å². The smallest absolute Gasteiger partial charge is 0.255 e. The van der Waals surface area contributed by atoms with Gasteiger partial charge in [-0.05, 0) is 42.5 Å². The van der Waals surface area contributed by atoms with E-state index in [2.05, 4.69) is 5.32 Å². The van der Waals surface area contributed by atoms with E-state index in [0.717, 1.165) is 4.31 Å². The predicted octanol–water partition coefficient (Wildman–Crippen LogP) is 1.93. The third kappa shape index (κ3) is 4.08. The number of nitrogens with one attached hydrogen (secondary N) is 1. The molecule has 1 N–H and O–H groups in total. The maximum absolute atomic E-state index is 12.2. The Kier molecular flexibility index (Phi) is 5.53. The number of anilines is 1. The molecule has 0 radical (unpaired) electrons. The van der Waals surface area contributed by atoms with E-state index in [-0.39, 0.29) is 10.8 Å². The highest BCUT2D eigenvalue weighted by molar-refractivity contribution is 7.89. The maximum atomic E-state index is 12.2. The fraction of sp³-hybridized carbons (Fsp3) is 0.188. The van der Waals surface area contributed by atoms with Gasteiger partial charge in [0, 0.05) is 47.3 Å². The van der Waals surface area contributed by atoms with Crippen LogP contribution in [-0.4, -0.2) is 43.2 Å². The van der Waals surface area contributed by atoms with Gasteiger partial charge in [-0.2, -0.15) is 0 Å². The summed E-state index contributed by atoms with van der Waals surface area (Å²) in [4.78, 5) is 13.0. The zero-order valence-corrected chi connectivity index (χ0v) is 15.1. The Bertz CT molecular complexity index is 875. The summed E-state index contributed by atoms with van der Waals surface area (Å²) in [5.74, 6) is -0.372. The lowest BCUT2D eigenvalue weighted by molar-refractivity contribution is 0.102. The fourth-order valence-corrected chi connectivity index (χ4v) is 3.41. The second kappa shape index (κ2) is 7.25. The van der Waals surface area contributed by atoms with Gasteiger partial charge in [0.05, 0.1) is 4.90 Å². The van der Waals surface area contributed by atoms with Crippen molar-refractivity contribution < 1.29 is 17.4 Å². The molecule has 0 aliphatic rings. The van der Waals surface area contributed by atoms with Crippen LogP contribution in [0.2, 0.25) is 0 Å². The lowest BCUT2D eigenvalue weighted by atomic mass is 10.2. The van der Waals surface area contributed by atoms with Gasteiger partial charge in [-0.25, -0.2) is 12.7 Å². The minimum atomic E-state index is -3.57. The molecule has 0 saturated carbocycles. The van der Waals surface area contributed by atoms with Crippen molar-refractivity contribution in [3.8, 4) is 0 Å². The summed E-state index contributed by atoms with van der Waals surface area (Å²) in [6, 6.07) is 12.4. The molecule has 0 bridgehead atoms. The zero-order valence-electron chi connectivity index (χ0n) is 13.5. The molecular formula is C16H18N2O4S2. The highest BCUT2D eigenvalue weighted by Crippen LogP contribution is 2.19. The van der Waals surface area contributed by atoms with Crippen molar-refractivity contribution in [1.29, 1.82) is 0 Å². The third-order valence-corrected chi connectivity index (χ3v) is 6.07. The minimum absolute atomic E-state index is 0.0991. The van der Waals surface area contributed by atoms with Crippen LogP contribution in [0.1, 0.15) is 10.4 Å². The Morgan fingerprint density at radius 2 is 1.71 bits per heavy atom. The monoisotopic (exact) mass is 366 g/mol. The van der Waals surface area contributed by atoms with Crippen molar-refractivity contribution in [1.82, 2.24) is 4.31 Å². The van der Waals surface area contributed by atoms with E-state index in [9.17, 15) is 17.4 Å². The molecule has 1 atom stereocenters. The Hall–Kier alpha value is -2.03. The summed E-state index contributed by atoms with van der Waals surface area (Å²) in [5, 5.41) is 2.66. The van der Waals surface area contributed by atoms with Crippen LogP contribution in [0.3, 0.4) is 0 Å². The summed E-state index contributed by atoms with van der Waals surface area (Å²) < 4.78 is 36.7. The lowest BCUT2D eigenvalue weighted by Crippen LogP contribution is -2.22. The first-order valence-electron chi connectivity index (χ1n) is 6.99. The van der Waals surface area contributed by atoms with Crippen molar-refractivity contribution in [2.45, 2.75) is 9.79 Å². The van der Waals surface area contributed by atoms with Crippen LogP contribution < -0.4 is 5.32 Å². The summed E-state index contributed by atoms with van der Waals surface area (Å²) in [5.41, 5.74) is 0.774. The van der Waals surface area contributed by atoms with E-state index < -0.39 is 20.8 Å². The molecule has 0 fully saturated rings. The maximum Gasteiger partial charge on any atom is 0.255 e. The molecule has 0 spiro atoms. The van der Waals surface area contributed by atoms with Gasteiger partial charge in [-0.1, -0.05) is 6.07 Å². The molecule has 0 heterocycles. The lowest BCUT2D eigenvalue weighted by Gasteiger charge is -2.12. The largest absolute Gasteiger partial charge is 0.322 e. The summed E-state index contributed by atoms with van der Waals surface area (Å²) in [6.07, 6.45) is 1.56. The second-order valence-electron chi connectivity index (χ2n) is 5.25. The number of carbonyl (C=O) groups is 1. The Morgan fingerprint density at radius 3 is 2.25 bits per heavy atom. The standard InChI is InChI=1S/C16H18N2O4S2/c1-18(2)24(21,22)15-6-4-5-13(11-15)17-16(19)12-7-9-14(10-8-12)23(3)20/h4-11H,1-3H3,(H,17,19). The van der Waals surface area contributed by atoms with Crippen molar-refractivity contribution >= 4 is 32.4 Å². The molecule has 0 aliphatic heterocycles. The second-order valence-corrected chi connectivity index (χ2v) is 8.78. The van der Waals surface area contributed by atoms with Crippen molar-refractivity contribution in [3.63, 3.8) is 0 Å². The molecule has 1 unspecified atom stereocenters. The van der Waals surface area contributed by atoms with Crippen LogP contribution in [0.5, 0.6) is 0 Å². The van der Waals surface area contributed by atoms with E-state index >= 15 is 0 Å². The molecule has 0 aliphatic carbocycles. The van der Waals surface area contributed by atoms with Gasteiger partial charge < -0.3 is 5.32 Å². The number of sulfonamides is 1. The van der Waals surface area contributed by atoms with Crippen LogP contribution in [-0.2, 0) is 20.8 Å². The molecule has 1 amide bonds. The van der Waals surface area contributed by atoms with Crippen LogP contribution >= 0.6 is 0 Å². The number of carbonyl (C=O) groups excluding carboxylic acids is 1. The van der Waals surface area contributed by atoms with E-state index in [1.807, 2.05) is 0 Å². The number of hydrogen-bond acceptors (Lipinski definition) is 4. The molecule has 2 rings (SSSR count). The van der Waals surface area contributed by atoms with Gasteiger partial charge >= 0.3 is 0 Å². The highest BCUT2D eigenvalue weighted by Gasteiger charge is 2.17.